The molecule has 1 rings (SSSR count). The van der Waals surface area contributed by atoms with Crippen LogP contribution in [-0.4, -0.2) is 36.0 Å². The van der Waals surface area contributed by atoms with E-state index in [-0.39, 0.29) is 19.8 Å². The molecule has 0 bridgehead atoms. The summed E-state index contributed by atoms with van der Waals surface area (Å²) in [5.74, 6) is 0.183. The van der Waals surface area contributed by atoms with Gasteiger partial charge in [-0.2, -0.15) is 0 Å². The van der Waals surface area contributed by atoms with Crippen molar-refractivity contribution in [3.63, 3.8) is 0 Å². The van der Waals surface area contributed by atoms with Gasteiger partial charge in [0.15, 0.2) is 0 Å². The molecule has 0 fully saturated rings. The molecule has 0 amide bonds. The fourth-order valence-corrected chi connectivity index (χ4v) is 1.82. The molecule has 22 heavy (non-hydrogen) atoms. The minimum absolute atomic E-state index is 0.0453. The summed E-state index contributed by atoms with van der Waals surface area (Å²) in [4.78, 5) is 11.4. The van der Waals surface area contributed by atoms with Gasteiger partial charge in [0.25, 0.3) is 0 Å². The summed E-state index contributed by atoms with van der Waals surface area (Å²) >= 11 is 0. The maximum Gasteiger partial charge on any atom is 0.331 e. The minimum atomic E-state index is -0.713. The normalized spacial score (nSPS) is 12.6. The first kappa shape index (κ1) is 17.9. The van der Waals surface area contributed by atoms with Gasteiger partial charge in [0.2, 0.25) is 0 Å². The van der Waals surface area contributed by atoms with Crippen molar-refractivity contribution >= 4 is 5.97 Å². The standard InChI is InChI=1S/C17H22O5/c1-3-9-22-17(20)12-13(2)11-16(19)14-4-6-15(7-5-14)21-10-8-18/h3-7,12,16,18-19H,1,8-11H2,2H3/b13-12+/t16-/m1/s1. The second-order valence-electron chi connectivity index (χ2n) is 4.77. The van der Waals surface area contributed by atoms with Crippen LogP contribution < -0.4 is 4.74 Å². The first-order valence-corrected chi connectivity index (χ1v) is 7.03. The third-order valence-corrected chi connectivity index (χ3v) is 2.85. The highest BCUT2D eigenvalue weighted by Crippen LogP contribution is 2.23. The fraction of sp³-hybridized carbons (Fsp3) is 0.353. The Kier molecular flexibility index (Phi) is 7.96. The average molecular weight is 306 g/mol. The number of aliphatic hydroxyl groups excluding tert-OH is 2. The summed E-state index contributed by atoms with van der Waals surface area (Å²) in [7, 11) is 0. The van der Waals surface area contributed by atoms with Crippen molar-refractivity contribution in [1.29, 1.82) is 0 Å². The molecule has 0 saturated heterocycles. The van der Waals surface area contributed by atoms with Crippen LogP contribution in [0.4, 0.5) is 0 Å². The van der Waals surface area contributed by atoms with Crippen LogP contribution >= 0.6 is 0 Å². The van der Waals surface area contributed by atoms with Crippen molar-refractivity contribution < 1.29 is 24.5 Å². The molecule has 0 aliphatic carbocycles. The van der Waals surface area contributed by atoms with Crippen LogP contribution in [0.1, 0.15) is 25.0 Å². The third-order valence-electron chi connectivity index (χ3n) is 2.85. The van der Waals surface area contributed by atoms with E-state index in [2.05, 4.69) is 6.58 Å². The van der Waals surface area contributed by atoms with Gasteiger partial charge in [-0.15, -0.1) is 0 Å². The summed E-state index contributed by atoms with van der Waals surface area (Å²) in [6.45, 7) is 5.58. The number of carbonyl (C=O) groups excluding carboxylic acids is 1. The van der Waals surface area contributed by atoms with Gasteiger partial charge in [0, 0.05) is 6.08 Å². The lowest BCUT2D eigenvalue weighted by Crippen LogP contribution is -2.04. The SMILES string of the molecule is C=CCOC(=O)/C=C(\C)C[C@@H](O)c1ccc(OCCO)cc1. The second-order valence-corrected chi connectivity index (χ2v) is 4.77. The Morgan fingerprint density at radius 1 is 1.36 bits per heavy atom. The Hall–Kier alpha value is -2.11. The fourth-order valence-electron chi connectivity index (χ4n) is 1.82. The van der Waals surface area contributed by atoms with Gasteiger partial charge in [0.05, 0.1) is 12.7 Å². The quantitative estimate of drug-likeness (QED) is 0.415. The van der Waals surface area contributed by atoms with Crippen LogP contribution in [0.25, 0.3) is 0 Å². The van der Waals surface area contributed by atoms with E-state index >= 15 is 0 Å². The Bertz CT molecular complexity index is 504. The average Bonchev–Trinajstić information content (AvgIpc) is 2.51. The zero-order chi connectivity index (χ0) is 16.4. The lowest BCUT2D eigenvalue weighted by Gasteiger charge is -2.12. The number of esters is 1. The van der Waals surface area contributed by atoms with Crippen LogP contribution in [0.15, 0.2) is 48.6 Å². The molecule has 0 aliphatic rings. The van der Waals surface area contributed by atoms with Crippen LogP contribution in [0, 0.1) is 0 Å². The van der Waals surface area contributed by atoms with Crippen LogP contribution in [0.5, 0.6) is 5.75 Å². The summed E-state index contributed by atoms with van der Waals surface area (Å²) in [5, 5.41) is 18.8. The first-order valence-electron chi connectivity index (χ1n) is 7.03. The molecule has 1 aromatic carbocycles. The minimum Gasteiger partial charge on any atom is -0.491 e. The predicted octanol–water partition coefficient (Wildman–Crippen LogP) is 2.16. The number of ether oxygens (including phenoxy) is 2. The summed E-state index contributed by atoms with van der Waals surface area (Å²) in [5.41, 5.74) is 1.45. The smallest absolute Gasteiger partial charge is 0.331 e. The first-order chi connectivity index (χ1) is 10.6. The van der Waals surface area contributed by atoms with Gasteiger partial charge >= 0.3 is 5.97 Å². The Balaban J connectivity index is 2.56. The lowest BCUT2D eigenvalue weighted by atomic mass is 10.0. The van der Waals surface area contributed by atoms with Gasteiger partial charge in [-0.05, 0) is 31.0 Å². The van der Waals surface area contributed by atoms with Crippen molar-refractivity contribution in [1.82, 2.24) is 0 Å². The number of rotatable bonds is 9. The van der Waals surface area contributed by atoms with Crippen molar-refractivity contribution in [3.05, 3.63) is 54.1 Å². The molecule has 5 heteroatoms. The molecular weight excluding hydrogens is 284 g/mol. The zero-order valence-corrected chi connectivity index (χ0v) is 12.7. The summed E-state index contributed by atoms with van der Waals surface area (Å²) < 4.78 is 10.1. The Morgan fingerprint density at radius 2 is 2.05 bits per heavy atom. The van der Waals surface area contributed by atoms with E-state index in [1.54, 1.807) is 31.2 Å². The highest BCUT2D eigenvalue weighted by molar-refractivity contribution is 5.82. The molecule has 5 nitrogen and oxygen atoms in total. The maximum atomic E-state index is 11.4. The van der Waals surface area contributed by atoms with Crippen molar-refractivity contribution in [2.24, 2.45) is 0 Å². The number of carbonyl (C=O) groups is 1. The van der Waals surface area contributed by atoms with Crippen molar-refractivity contribution in [2.45, 2.75) is 19.4 Å². The Morgan fingerprint density at radius 3 is 2.64 bits per heavy atom. The highest BCUT2D eigenvalue weighted by Gasteiger charge is 2.10. The number of hydrogen-bond donors (Lipinski definition) is 2. The van der Waals surface area contributed by atoms with Crippen LogP contribution in [0.2, 0.25) is 0 Å². The van der Waals surface area contributed by atoms with E-state index in [9.17, 15) is 9.90 Å². The molecule has 0 radical (unpaired) electrons. The van der Waals surface area contributed by atoms with Gasteiger partial charge in [-0.25, -0.2) is 4.79 Å². The molecule has 120 valence electrons. The second kappa shape index (κ2) is 9.76. The number of hydrogen-bond acceptors (Lipinski definition) is 5. The molecule has 2 N–H and O–H groups in total. The number of benzene rings is 1. The van der Waals surface area contributed by atoms with E-state index in [4.69, 9.17) is 14.6 Å². The third kappa shape index (κ3) is 6.56. The van der Waals surface area contributed by atoms with E-state index in [1.165, 1.54) is 12.2 Å². The molecule has 0 unspecified atom stereocenters. The summed E-state index contributed by atoms with van der Waals surface area (Å²) in [6, 6.07) is 6.96. The van der Waals surface area contributed by atoms with E-state index in [0.717, 1.165) is 11.1 Å². The molecule has 0 aromatic heterocycles. The Labute approximate surface area is 130 Å². The molecule has 0 heterocycles. The van der Waals surface area contributed by atoms with Gasteiger partial charge in [-0.3, -0.25) is 0 Å². The largest absolute Gasteiger partial charge is 0.491 e. The maximum absolute atomic E-state index is 11.4. The molecule has 0 saturated carbocycles. The monoisotopic (exact) mass is 306 g/mol. The molecule has 0 spiro atoms. The molecule has 1 atom stereocenters. The van der Waals surface area contributed by atoms with Crippen molar-refractivity contribution in [2.75, 3.05) is 19.8 Å². The van der Waals surface area contributed by atoms with Crippen LogP contribution in [-0.2, 0) is 9.53 Å². The van der Waals surface area contributed by atoms with Crippen LogP contribution in [0.3, 0.4) is 0 Å². The predicted molar refractivity (Wildman–Crippen MR) is 83.5 cm³/mol. The van der Waals surface area contributed by atoms with Gasteiger partial charge in [-0.1, -0.05) is 30.4 Å². The van der Waals surface area contributed by atoms with Gasteiger partial charge < -0.3 is 19.7 Å². The number of aliphatic hydroxyl groups is 2. The topological polar surface area (TPSA) is 76.0 Å². The van der Waals surface area contributed by atoms with E-state index in [0.29, 0.717) is 12.2 Å². The van der Waals surface area contributed by atoms with E-state index in [1.807, 2.05) is 0 Å². The summed E-state index contributed by atoms with van der Waals surface area (Å²) in [6.07, 6.45) is 2.48. The van der Waals surface area contributed by atoms with Gasteiger partial charge in [0.1, 0.15) is 19.0 Å². The molecule has 0 aliphatic heterocycles. The highest BCUT2D eigenvalue weighted by atomic mass is 16.5. The van der Waals surface area contributed by atoms with E-state index < -0.39 is 12.1 Å². The molecular formula is C17H22O5. The molecule has 1 aromatic rings. The zero-order valence-electron chi connectivity index (χ0n) is 12.7. The lowest BCUT2D eigenvalue weighted by molar-refractivity contribution is -0.136. The van der Waals surface area contributed by atoms with Crippen molar-refractivity contribution in [3.8, 4) is 5.75 Å².